The Morgan fingerprint density at radius 3 is 2.35 bits per heavy atom. The number of likely N-dealkylation sites (N-methyl/N-ethyl adjacent to an activating group) is 1. The second kappa shape index (κ2) is 7.14. The highest BCUT2D eigenvalue weighted by Gasteiger charge is 2.22. The maximum atomic E-state index is 12.1. The van der Waals surface area contributed by atoms with Crippen molar-refractivity contribution in [3.05, 3.63) is 0 Å². The molecule has 1 aliphatic rings. The highest BCUT2D eigenvalue weighted by molar-refractivity contribution is 5.87. The molecule has 1 rings (SSSR count). The van der Waals surface area contributed by atoms with E-state index >= 15 is 0 Å². The number of hydrogen-bond donors (Lipinski definition) is 2. The molecule has 98 valence electrons. The molecule has 0 aromatic carbocycles. The lowest BCUT2D eigenvalue weighted by Crippen LogP contribution is -2.39. The first kappa shape index (κ1) is 13.8. The molecule has 5 nitrogen and oxygen atoms in total. The summed E-state index contributed by atoms with van der Waals surface area (Å²) < 4.78 is 0. The van der Waals surface area contributed by atoms with Crippen LogP contribution in [0.5, 0.6) is 0 Å². The van der Waals surface area contributed by atoms with Crippen LogP contribution in [-0.4, -0.2) is 35.4 Å². The molecule has 1 saturated carbocycles. The van der Waals surface area contributed by atoms with Crippen LogP contribution in [0.25, 0.3) is 0 Å². The molecule has 3 N–H and O–H groups in total. The van der Waals surface area contributed by atoms with E-state index in [1.165, 1.54) is 19.3 Å². The topological polar surface area (TPSA) is 78.9 Å². The standard InChI is InChI=1S/C12H23N3O2/c1-15(9-11(13)14-17)12(16)10-7-5-3-2-4-6-8-10/h10,17H,2-9H2,1H3,(H2,13,14). The fourth-order valence-electron chi connectivity index (χ4n) is 2.37. The van der Waals surface area contributed by atoms with Crippen molar-refractivity contribution in [3.8, 4) is 0 Å². The third-order valence-corrected chi connectivity index (χ3v) is 3.36. The summed E-state index contributed by atoms with van der Waals surface area (Å²) in [6.07, 6.45) is 7.96. The number of oxime groups is 1. The molecular weight excluding hydrogens is 218 g/mol. The number of amides is 1. The molecule has 0 unspecified atom stereocenters. The quantitative estimate of drug-likeness (QED) is 0.340. The van der Waals surface area contributed by atoms with Crippen LogP contribution >= 0.6 is 0 Å². The first-order valence-electron chi connectivity index (χ1n) is 6.36. The zero-order valence-electron chi connectivity index (χ0n) is 10.6. The van der Waals surface area contributed by atoms with Crippen molar-refractivity contribution in [1.29, 1.82) is 0 Å². The van der Waals surface area contributed by atoms with Crippen molar-refractivity contribution in [3.63, 3.8) is 0 Å². The summed E-state index contributed by atoms with van der Waals surface area (Å²) in [6.45, 7) is 0.200. The van der Waals surface area contributed by atoms with Crippen LogP contribution in [-0.2, 0) is 4.79 Å². The van der Waals surface area contributed by atoms with E-state index in [1.807, 2.05) is 0 Å². The number of nitrogens with zero attached hydrogens (tertiary/aromatic N) is 2. The lowest BCUT2D eigenvalue weighted by Gasteiger charge is -2.24. The average Bonchev–Trinajstić information content (AvgIpc) is 2.27. The van der Waals surface area contributed by atoms with Gasteiger partial charge in [-0.25, -0.2) is 0 Å². The molecule has 0 radical (unpaired) electrons. The van der Waals surface area contributed by atoms with Gasteiger partial charge in [0, 0.05) is 13.0 Å². The van der Waals surface area contributed by atoms with Crippen LogP contribution in [0, 0.1) is 5.92 Å². The molecule has 0 saturated heterocycles. The van der Waals surface area contributed by atoms with Crippen molar-refractivity contribution in [2.45, 2.75) is 44.9 Å². The second-order valence-corrected chi connectivity index (χ2v) is 4.83. The molecule has 1 amide bonds. The summed E-state index contributed by atoms with van der Waals surface area (Å²) in [5, 5.41) is 11.4. The Balaban J connectivity index is 2.48. The van der Waals surface area contributed by atoms with Gasteiger partial charge in [0.15, 0.2) is 5.84 Å². The molecule has 17 heavy (non-hydrogen) atoms. The molecule has 0 bridgehead atoms. The predicted molar refractivity (Wildman–Crippen MR) is 66.9 cm³/mol. The third kappa shape index (κ3) is 4.63. The van der Waals surface area contributed by atoms with E-state index in [1.54, 1.807) is 11.9 Å². The van der Waals surface area contributed by atoms with Gasteiger partial charge in [0.25, 0.3) is 0 Å². The number of rotatable bonds is 3. The fraction of sp³-hybridized carbons (Fsp3) is 0.833. The SMILES string of the molecule is CN(CC(N)=NO)C(=O)C1CCCCCCC1. The van der Waals surface area contributed by atoms with E-state index in [9.17, 15) is 4.79 Å². The zero-order chi connectivity index (χ0) is 12.7. The van der Waals surface area contributed by atoms with Gasteiger partial charge in [-0.2, -0.15) is 0 Å². The summed E-state index contributed by atoms with van der Waals surface area (Å²) in [4.78, 5) is 13.7. The second-order valence-electron chi connectivity index (χ2n) is 4.83. The predicted octanol–water partition coefficient (Wildman–Crippen LogP) is 1.55. The minimum atomic E-state index is 0.0756. The van der Waals surface area contributed by atoms with Crippen molar-refractivity contribution >= 4 is 11.7 Å². The van der Waals surface area contributed by atoms with Gasteiger partial charge in [0.2, 0.25) is 5.91 Å². The molecule has 0 atom stereocenters. The van der Waals surface area contributed by atoms with Crippen molar-refractivity contribution in [1.82, 2.24) is 4.90 Å². The smallest absolute Gasteiger partial charge is 0.225 e. The van der Waals surface area contributed by atoms with Crippen LogP contribution < -0.4 is 5.73 Å². The maximum Gasteiger partial charge on any atom is 0.225 e. The molecule has 0 heterocycles. The Hall–Kier alpha value is -1.26. The Labute approximate surface area is 103 Å². The van der Waals surface area contributed by atoms with Crippen LogP contribution in [0.2, 0.25) is 0 Å². The summed E-state index contributed by atoms with van der Waals surface area (Å²) in [7, 11) is 1.71. The van der Waals surface area contributed by atoms with Crippen LogP contribution in [0.1, 0.15) is 44.9 Å². The number of amidine groups is 1. The Kier molecular flexibility index (Phi) is 5.80. The number of carbonyl (C=O) groups is 1. The molecule has 1 aliphatic carbocycles. The Bertz CT molecular complexity index is 271. The summed E-state index contributed by atoms with van der Waals surface area (Å²) in [6, 6.07) is 0. The van der Waals surface area contributed by atoms with E-state index in [2.05, 4.69) is 5.16 Å². The minimum absolute atomic E-state index is 0.0756. The van der Waals surface area contributed by atoms with Gasteiger partial charge in [-0.15, -0.1) is 0 Å². The average molecular weight is 241 g/mol. The van der Waals surface area contributed by atoms with Crippen molar-refractivity contribution in [2.24, 2.45) is 16.8 Å². The molecule has 0 aromatic heterocycles. The zero-order valence-corrected chi connectivity index (χ0v) is 10.6. The van der Waals surface area contributed by atoms with Crippen molar-refractivity contribution < 1.29 is 10.0 Å². The van der Waals surface area contributed by atoms with Crippen molar-refractivity contribution in [2.75, 3.05) is 13.6 Å². The third-order valence-electron chi connectivity index (χ3n) is 3.36. The first-order chi connectivity index (χ1) is 8.15. The van der Waals surface area contributed by atoms with E-state index in [0.717, 1.165) is 25.7 Å². The van der Waals surface area contributed by atoms with Crippen LogP contribution in [0.4, 0.5) is 0 Å². The lowest BCUT2D eigenvalue weighted by molar-refractivity contribution is -0.134. The highest BCUT2D eigenvalue weighted by Crippen LogP contribution is 2.23. The normalized spacial score (nSPS) is 19.5. The Morgan fingerprint density at radius 1 is 1.29 bits per heavy atom. The molecule has 1 fully saturated rings. The van der Waals surface area contributed by atoms with E-state index < -0.39 is 0 Å². The van der Waals surface area contributed by atoms with Gasteiger partial charge in [0.05, 0.1) is 6.54 Å². The molecule has 5 heteroatoms. The number of carbonyl (C=O) groups excluding carboxylic acids is 1. The fourth-order valence-corrected chi connectivity index (χ4v) is 2.37. The molecule has 0 spiro atoms. The van der Waals surface area contributed by atoms with E-state index in [4.69, 9.17) is 10.9 Å². The van der Waals surface area contributed by atoms with Gasteiger partial charge < -0.3 is 15.8 Å². The monoisotopic (exact) mass is 241 g/mol. The lowest BCUT2D eigenvalue weighted by atomic mass is 9.90. The summed E-state index contributed by atoms with van der Waals surface area (Å²) in [5.74, 6) is 0.317. The highest BCUT2D eigenvalue weighted by atomic mass is 16.4. The number of nitrogens with two attached hydrogens (primary N) is 1. The summed E-state index contributed by atoms with van der Waals surface area (Å²) in [5.41, 5.74) is 5.40. The number of hydrogen-bond acceptors (Lipinski definition) is 3. The first-order valence-corrected chi connectivity index (χ1v) is 6.36. The van der Waals surface area contributed by atoms with Gasteiger partial charge in [-0.05, 0) is 12.8 Å². The minimum Gasteiger partial charge on any atom is -0.409 e. The van der Waals surface area contributed by atoms with Crippen LogP contribution in [0.3, 0.4) is 0 Å². The maximum absolute atomic E-state index is 12.1. The van der Waals surface area contributed by atoms with Gasteiger partial charge in [0.1, 0.15) is 0 Å². The molecular formula is C12H23N3O2. The van der Waals surface area contributed by atoms with Gasteiger partial charge >= 0.3 is 0 Å². The van der Waals surface area contributed by atoms with E-state index in [0.29, 0.717) is 0 Å². The summed E-state index contributed by atoms with van der Waals surface area (Å²) >= 11 is 0. The largest absolute Gasteiger partial charge is 0.409 e. The Morgan fingerprint density at radius 2 is 1.82 bits per heavy atom. The van der Waals surface area contributed by atoms with Gasteiger partial charge in [-0.1, -0.05) is 37.3 Å². The van der Waals surface area contributed by atoms with Crippen LogP contribution in [0.15, 0.2) is 5.16 Å². The molecule has 0 aliphatic heterocycles. The van der Waals surface area contributed by atoms with E-state index in [-0.39, 0.29) is 24.2 Å². The van der Waals surface area contributed by atoms with Gasteiger partial charge in [-0.3, -0.25) is 4.79 Å². The molecule has 0 aromatic rings.